The van der Waals surface area contributed by atoms with Crippen LogP contribution in [0.2, 0.25) is 10.0 Å². The molecule has 0 spiro atoms. The summed E-state index contributed by atoms with van der Waals surface area (Å²) in [6.07, 6.45) is 0. The van der Waals surface area contributed by atoms with E-state index in [-0.39, 0.29) is 16.5 Å². The van der Waals surface area contributed by atoms with E-state index < -0.39 is 10.0 Å². The summed E-state index contributed by atoms with van der Waals surface area (Å²) < 4.78 is 26.1. The summed E-state index contributed by atoms with van der Waals surface area (Å²) >= 11 is 11.8. The molecular formula is C14H13Cl2NO2S. The molecule has 0 radical (unpaired) electrons. The fourth-order valence-corrected chi connectivity index (χ4v) is 3.53. The van der Waals surface area contributed by atoms with Crippen LogP contribution in [0.25, 0.3) is 0 Å². The Kier molecular flexibility index (Phi) is 4.70. The third-order valence-electron chi connectivity index (χ3n) is 2.84. The molecule has 0 aliphatic carbocycles. The molecule has 0 N–H and O–H groups in total. The number of benzene rings is 2. The highest BCUT2D eigenvalue weighted by Crippen LogP contribution is 2.24. The van der Waals surface area contributed by atoms with Gasteiger partial charge in [-0.2, -0.15) is 4.31 Å². The Labute approximate surface area is 128 Å². The molecule has 0 aliphatic heterocycles. The molecular weight excluding hydrogens is 317 g/mol. The Morgan fingerprint density at radius 3 is 2.20 bits per heavy atom. The minimum absolute atomic E-state index is 0.109. The molecule has 2 rings (SSSR count). The van der Waals surface area contributed by atoms with Crippen LogP contribution in [0.3, 0.4) is 0 Å². The second-order valence-corrected chi connectivity index (χ2v) is 7.17. The van der Waals surface area contributed by atoms with Gasteiger partial charge in [-0.15, -0.1) is 0 Å². The average molecular weight is 330 g/mol. The summed E-state index contributed by atoms with van der Waals surface area (Å²) in [5.41, 5.74) is 0.854. The van der Waals surface area contributed by atoms with Crippen molar-refractivity contribution in [2.45, 2.75) is 11.4 Å². The Bertz CT molecular complexity index is 699. The minimum atomic E-state index is -3.61. The van der Waals surface area contributed by atoms with E-state index in [1.54, 1.807) is 42.5 Å². The zero-order valence-corrected chi connectivity index (χ0v) is 13.1. The fourth-order valence-electron chi connectivity index (χ4n) is 1.75. The molecule has 0 amide bonds. The van der Waals surface area contributed by atoms with Gasteiger partial charge in [-0.1, -0.05) is 47.5 Å². The monoisotopic (exact) mass is 329 g/mol. The van der Waals surface area contributed by atoms with Gasteiger partial charge in [0.15, 0.2) is 0 Å². The van der Waals surface area contributed by atoms with Crippen molar-refractivity contribution in [2.75, 3.05) is 7.05 Å². The quantitative estimate of drug-likeness (QED) is 0.855. The predicted octanol–water partition coefficient (Wildman–Crippen LogP) is 3.81. The predicted molar refractivity (Wildman–Crippen MR) is 81.6 cm³/mol. The highest BCUT2D eigenvalue weighted by molar-refractivity contribution is 7.89. The second kappa shape index (κ2) is 6.14. The van der Waals surface area contributed by atoms with Crippen molar-refractivity contribution >= 4 is 33.2 Å². The summed E-state index contributed by atoms with van der Waals surface area (Å²) in [5.74, 6) is 0. The van der Waals surface area contributed by atoms with Crippen LogP contribution in [0.4, 0.5) is 0 Å². The maximum atomic E-state index is 12.4. The van der Waals surface area contributed by atoms with E-state index in [4.69, 9.17) is 23.2 Å². The lowest BCUT2D eigenvalue weighted by molar-refractivity contribution is 0.467. The summed E-state index contributed by atoms with van der Waals surface area (Å²) in [6, 6.07) is 13.4. The van der Waals surface area contributed by atoms with Gasteiger partial charge in [0.05, 0.1) is 5.02 Å². The van der Waals surface area contributed by atoms with E-state index in [2.05, 4.69) is 0 Å². The molecule has 2 aromatic rings. The molecule has 0 aromatic heterocycles. The van der Waals surface area contributed by atoms with E-state index in [0.29, 0.717) is 5.02 Å². The SMILES string of the molecule is CN(Cc1ccc(Cl)cc1)S(=O)(=O)c1ccccc1Cl. The zero-order valence-electron chi connectivity index (χ0n) is 10.8. The van der Waals surface area contributed by atoms with Crippen molar-refractivity contribution < 1.29 is 8.42 Å². The standard InChI is InChI=1S/C14H13Cl2NO2S/c1-17(10-11-6-8-12(15)9-7-11)20(18,19)14-5-3-2-4-13(14)16/h2-9H,10H2,1H3. The Morgan fingerprint density at radius 1 is 1.00 bits per heavy atom. The van der Waals surface area contributed by atoms with Crippen LogP contribution >= 0.6 is 23.2 Å². The Balaban J connectivity index is 2.26. The van der Waals surface area contributed by atoms with Crippen LogP contribution in [0.15, 0.2) is 53.4 Å². The van der Waals surface area contributed by atoms with Gasteiger partial charge in [-0.3, -0.25) is 0 Å². The van der Waals surface area contributed by atoms with Gasteiger partial charge in [0.1, 0.15) is 4.90 Å². The summed E-state index contributed by atoms with van der Waals surface area (Å²) in [5, 5.41) is 0.834. The van der Waals surface area contributed by atoms with Crippen LogP contribution in [0, 0.1) is 0 Å². The van der Waals surface area contributed by atoms with Crippen LogP contribution in [-0.4, -0.2) is 19.8 Å². The van der Waals surface area contributed by atoms with Crippen molar-refractivity contribution in [1.82, 2.24) is 4.31 Å². The van der Waals surface area contributed by atoms with Crippen molar-refractivity contribution in [2.24, 2.45) is 0 Å². The number of hydrogen-bond acceptors (Lipinski definition) is 2. The molecule has 3 nitrogen and oxygen atoms in total. The van der Waals surface area contributed by atoms with E-state index in [0.717, 1.165) is 5.56 Å². The van der Waals surface area contributed by atoms with E-state index in [1.807, 2.05) is 0 Å². The van der Waals surface area contributed by atoms with Gasteiger partial charge in [-0.25, -0.2) is 8.42 Å². The van der Waals surface area contributed by atoms with Crippen LogP contribution in [-0.2, 0) is 16.6 Å². The van der Waals surface area contributed by atoms with Gasteiger partial charge in [0, 0.05) is 18.6 Å². The maximum Gasteiger partial charge on any atom is 0.244 e. The Morgan fingerprint density at radius 2 is 1.60 bits per heavy atom. The number of rotatable bonds is 4. The van der Waals surface area contributed by atoms with E-state index in [9.17, 15) is 8.42 Å². The normalized spacial score (nSPS) is 11.8. The molecule has 20 heavy (non-hydrogen) atoms. The molecule has 0 fully saturated rings. The molecule has 0 bridgehead atoms. The Hall–Kier alpha value is -1.07. The molecule has 6 heteroatoms. The van der Waals surface area contributed by atoms with Crippen LogP contribution in [0.5, 0.6) is 0 Å². The third kappa shape index (κ3) is 3.33. The van der Waals surface area contributed by atoms with E-state index in [1.165, 1.54) is 17.4 Å². The van der Waals surface area contributed by atoms with Gasteiger partial charge in [0.25, 0.3) is 0 Å². The number of sulfonamides is 1. The molecule has 0 heterocycles. The molecule has 0 saturated carbocycles. The second-order valence-electron chi connectivity index (χ2n) is 4.32. The van der Waals surface area contributed by atoms with Crippen molar-refractivity contribution in [3.8, 4) is 0 Å². The van der Waals surface area contributed by atoms with Gasteiger partial charge in [-0.05, 0) is 29.8 Å². The average Bonchev–Trinajstić information content (AvgIpc) is 2.41. The number of halogens is 2. The highest BCUT2D eigenvalue weighted by Gasteiger charge is 2.23. The molecule has 0 saturated heterocycles. The van der Waals surface area contributed by atoms with Crippen LogP contribution in [0.1, 0.15) is 5.56 Å². The summed E-state index contributed by atoms with van der Waals surface area (Å²) in [7, 11) is -2.09. The first-order chi connectivity index (χ1) is 9.41. The topological polar surface area (TPSA) is 37.4 Å². The molecule has 0 unspecified atom stereocenters. The lowest BCUT2D eigenvalue weighted by Gasteiger charge is -2.18. The smallest absolute Gasteiger partial charge is 0.207 e. The van der Waals surface area contributed by atoms with E-state index >= 15 is 0 Å². The summed E-state index contributed by atoms with van der Waals surface area (Å²) in [4.78, 5) is 0.109. The molecule has 0 aliphatic rings. The third-order valence-corrected chi connectivity index (χ3v) is 5.40. The molecule has 106 valence electrons. The fraction of sp³-hybridized carbons (Fsp3) is 0.143. The molecule has 2 aromatic carbocycles. The van der Waals surface area contributed by atoms with Crippen molar-refractivity contribution in [1.29, 1.82) is 0 Å². The maximum absolute atomic E-state index is 12.4. The largest absolute Gasteiger partial charge is 0.244 e. The first kappa shape index (κ1) is 15.3. The summed E-state index contributed by atoms with van der Waals surface area (Å²) in [6.45, 7) is 0.255. The van der Waals surface area contributed by atoms with Crippen LogP contribution < -0.4 is 0 Å². The highest BCUT2D eigenvalue weighted by atomic mass is 35.5. The van der Waals surface area contributed by atoms with Gasteiger partial charge < -0.3 is 0 Å². The first-order valence-electron chi connectivity index (χ1n) is 5.86. The number of nitrogens with zero attached hydrogens (tertiary/aromatic N) is 1. The van der Waals surface area contributed by atoms with Gasteiger partial charge in [0.2, 0.25) is 10.0 Å². The van der Waals surface area contributed by atoms with Gasteiger partial charge >= 0.3 is 0 Å². The minimum Gasteiger partial charge on any atom is -0.207 e. The lowest BCUT2D eigenvalue weighted by atomic mass is 10.2. The van der Waals surface area contributed by atoms with Crippen molar-refractivity contribution in [3.63, 3.8) is 0 Å². The lowest BCUT2D eigenvalue weighted by Crippen LogP contribution is -2.26. The zero-order chi connectivity index (χ0) is 14.8. The molecule has 0 atom stereocenters. The first-order valence-corrected chi connectivity index (χ1v) is 8.06. The van der Waals surface area contributed by atoms with Crippen molar-refractivity contribution in [3.05, 3.63) is 64.1 Å². The number of hydrogen-bond donors (Lipinski definition) is 0.